The average molecular weight is 394 g/mol. The molecule has 2 aliphatic rings. The van der Waals surface area contributed by atoms with Crippen molar-refractivity contribution in [2.24, 2.45) is 5.92 Å². The Morgan fingerprint density at radius 1 is 0.966 bits per heavy atom. The molecule has 1 unspecified atom stereocenters. The molecule has 0 radical (unpaired) electrons. The summed E-state index contributed by atoms with van der Waals surface area (Å²) in [5, 5.41) is 2.55. The van der Waals surface area contributed by atoms with E-state index in [0.717, 1.165) is 18.9 Å². The molecular weight excluding hydrogens is 359 g/mol. The van der Waals surface area contributed by atoms with Crippen molar-refractivity contribution >= 4 is 17.9 Å². The summed E-state index contributed by atoms with van der Waals surface area (Å²) in [7, 11) is -0.122. The lowest BCUT2D eigenvalue weighted by Gasteiger charge is -2.32. The van der Waals surface area contributed by atoms with E-state index < -0.39 is 0 Å². The predicted molar refractivity (Wildman–Crippen MR) is 120 cm³/mol. The van der Waals surface area contributed by atoms with Crippen LogP contribution in [0.2, 0.25) is 5.82 Å². The molecule has 0 bridgehead atoms. The summed E-state index contributed by atoms with van der Waals surface area (Å²) in [5.74, 6) is 1.33. The van der Waals surface area contributed by atoms with Crippen molar-refractivity contribution in [2.75, 3.05) is 6.61 Å². The number of ether oxygens (including phenoxy) is 1. The molecule has 1 saturated heterocycles. The van der Waals surface area contributed by atoms with Gasteiger partial charge in [-0.05, 0) is 68.3 Å². The summed E-state index contributed by atoms with van der Waals surface area (Å²) >= 11 is 0. The average Bonchev–Trinajstić information content (AvgIpc) is 3.47. The summed E-state index contributed by atoms with van der Waals surface area (Å²) in [6.45, 7) is 9.96. The van der Waals surface area contributed by atoms with Crippen LogP contribution in [0.4, 0.5) is 0 Å². The van der Waals surface area contributed by atoms with Crippen LogP contribution in [-0.4, -0.2) is 24.9 Å². The highest BCUT2D eigenvalue weighted by atomic mass is 16.7. The Morgan fingerprint density at radius 2 is 1.66 bits per heavy atom. The molecule has 0 aromatic heterocycles. The van der Waals surface area contributed by atoms with Crippen molar-refractivity contribution in [3.8, 4) is 0 Å². The molecule has 1 saturated carbocycles. The SMILES string of the molecule is CC1(C)OB(C(CCOCc2ccc3ccccc3c2)CCC2CC2)OC1(C)C. The van der Waals surface area contributed by atoms with Crippen molar-refractivity contribution in [1.82, 2.24) is 0 Å². The van der Waals surface area contributed by atoms with Crippen LogP contribution in [0.3, 0.4) is 0 Å². The van der Waals surface area contributed by atoms with Gasteiger partial charge >= 0.3 is 7.12 Å². The monoisotopic (exact) mass is 394 g/mol. The zero-order valence-electron chi connectivity index (χ0n) is 18.4. The fourth-order valence-electron chi connectivity index (χ4n) is 4.11. The number of hydrogen-bond donors (Lipinski definition) is 0. The summed E-state index contributed by atoms with van der Waals surface area (Å²) in [6, 6.07) is 15.0. The van der Waals surface area contributed by atoms with Gasteiger partial charge in [0, 0.05) is 6.61 Å². The maximum Gasteiger partial charge on any atom is 0.461 e. The molecule has 2 aromatic carbocycles. The first-order chi connectivity index (χ1) is 13.8. The molecule has 0 spiro atoms. The van der Waals surface area contributed by atoms with E-state index in [1.807, 2.05) is 0 Å². The van der Waals surface area contributed by atoms with Gasteiger partial charge < -0.3 is 14.0 Å². The van der Waals surface area contributed by atoms with E-state index in [4.69, 9.17) is 14.0 Å². The molecule has 0 N–H and O–H groups in total. The highest BCUT2D eigenvalue weighted by Gasteiger charge is 2.53. The van der Waals surface area contributed by atoms with Gasteiger partial charge in [-0.2, -0.15) is 0 Å². The van der Waals surface area contributed by atoms with E-state index >= 15 is 0 Å². The van der Waals surface area contributed by atoms with Crippen molar-refractivity contribution in [2.45, 2.75) is 83.4 Å². The van der Waals surface area contributed by atoms with E-state index in [-0.39, 0.29) is 18.3 Å². The van der Waals surface area contributed by atoms with Crippen molar-refractivity contribution in [1.29, 1.82) is 0 Å². The summed E-state index contributed by atoms with van der Waals surface area (Å²) < 4.78 is 18.8. The fourth-order valence-corrected chi connectivity index (χ4v) is 4.11. The van der Waals surface area contributed by atoms with Crippen LogP contribution in [0.1, 0.15) is 65.4 Å². The van der Waals surface area contributed by atoms with Crippen molar-refractivity contribution in [3.63, 3.8) is 0 Å². The second-order valence-electron chi connectivity index (χ2n) is 9.93. The van der Waals surface area contributed by atoms with Crippen LogP contribution in [0.15, 0.2) is 42.5 Å². The minimum atomic E-state index is -0.262. The smallest absolute Gasteiger partial charge is 0.403 e. The zero-order valence-corrected chi connectivity index (χ0v) is 18.4. The van der Waals surface area contributed by atoms with Crippen molar-refractivity contribution in [3.05, 3.63) is 48.0 Å². The number of rotatable bonds is 9. The van der Waals surface area contributed by atoms with Gasteiger partial charge in [-0.1, -0.05) is 62.1 Å². The van der Waals surface area contributed by atoms with Gasteiger partial charge in [0.2, 0.25) is 0 Å². The second kappa shape index (κ2) is 8.41. The molecule has 29 heavy (non-hydrogen) atoms. The van der Waals surface area contributed by atoms with Gasteiger partial charge in [0.15, 0.2) is 0 Å². The molecule has 1 atom stereocenters. The fraction of sp³-hybridized carbons (Fsp3) is 0.600. The van der Waals surface area contributed by atoms with Crippen LogP contribution in [0.5, 0.6) is 0 Å². The van der Waals surface area contributed by atoms with E-state index in [9.17, 15) is 0 Å². The minimum Gasteiger partial charge on any atom is -0.403 e. The molecule has 0 amide bonds. The second-order valence-corrected chi connectivity index (χ2v) is 9.93. The highest BCUT2D eigenvalue weighted by Crippen LogP contribution is 2.44. The molecule has 3 nitrogen and oxygen atoms in total. The third-order valence-electron chi connectivity index (χ3n) is 7.01. The van der Waals surface area contributed by atoms with Gasteiger partial charge in [0.1, 0.15) is 0 Å². The molecule has 2 fully saturated rings. The number of fused-ring (bicyclic) bond motifs is 1. The Bertz CT molecular complexity index is 812. The van der Waals surface area contributed by atoms with E-state index in [1.54, 1.807) is 0 Å². The molecular formula is C25H35BO3. The summed E-state index contributed by atoms with van der Waals surface area (Å²) in [6.07, 6.45) is 6.24. The Hall–Kier alpha value is -1.36. The van der Waals surface area contributed by atoms with Crippen LogP contribution in [0, 0.1) is 5.92 Å². The van der Waals surface area contributed by atoms with Crippen LogP contribution >= 0.6 is 0 Å². The lowest BCUT2D eigenvalue weighted by molar-refractivity contribution is 0.00578. The quantitative estimate of drug-likeness (QED) is 0.364. The molecule has 156 valence electrons. The van der Waals surface area contributed by atoms with Gasteiger partial charge in [-0.25, -0.2) is 0 Å². The molecule has 1 heterocycles. The molecule has 1 aliphatic heterocycles. The standard InChI is InChI=1S/C25H35BO3/c1-24(2)25(3,4)29-26(28-24)23(14-12-19-9-10-19)15-16-27-18-20-11-13-21-7-5-6-8-22(21)17-20/h5-8,11,13,17,19,23H,9-10,12,14-16,18H2,1-4H3. The lowest BCUT2D eigenvalue weighted by atomic mass is 9.67. The van der Waals surface area contributed by atoms with Crippen LogP contribution in [-0.2, 0) is 20.7 Å². The third-order valence-corrected chi connectivity index (χ3v) is 7.01. The molecule has 2 aromatic rings. The first-order valence-electron chi connectivity index (χ1n) is 11.3. The van der Waals surface area contributed by atoms with E-state index in [2.05, 4.69) is 70.2 Å². The third kappa shape index (κ3) is 5.04. The first-order valence-corrected chi connectivity index (χ1v) is 11.3. The maximum absolute atomic E-state index is 6.36. The molecule has 4 rings (SSSR count). The number of hydrogen-bond acceptors (Lipinski definition) is 3. The van der Waals surface area contributed by atoms with Gasteiger partial charge in [-0.3, -0.25) is 0 Å². The Labute approximate surface area is 176 Å². The minimum absolute atomic E-state index is 0.122. The summed E-state index contributed by atoms with van der Waals surface area (Å²) in [4.78, 5) is 0. The normalized spacial score (nSPS) is 21.6. The Morgan fingerprint density at radius 3 is 2.34 bits per heavy atom. The molecule has 4 heteroatoms. The van der Waals surface area contributed by atoms with Crippen LogP contribution < -0.4 is 0 Å². The highest BCUT2D eigenvalue weighted by molar-refractivity contribution is 6.47. The zero-order chi connectivity index (χ0) is 20.5. The summed E-state index contributed by atoms with van der Waals surface area (Å²) in [5.41, 5.74) is 0.706. The predicted octanol–water partition coefficient (Wildman–Crippen LogP) is 6.40. The van der Waals surface area contributed by atoms with Gasteiger partial charge in [0.25, 0.3) is 0 Å². The van der Waals surface area contributed by atoms with E-state index in [0.29, 0.717) is 12.4 Å². The number of benzene rings is 2. The maximum atomic E-state index is 6.36. The van der Waals surface area contributed by atoms with Gasteiger partial charge in [0.05, 0.1) is 17.8 Å². The lowest BCUT2D eigenvalue weighted by Crippen LogP contribution is -2.41. The largest absolute Gasteiger partial charge is 0.461 e. The van der Waals surface area contributed by atoms with Crippen LogP contribution in [0.25, 0.3) is 10.8 Å². The topological polar surface area (TPSA) is 27.7 Å². The van der Waals surface area contributed by atoms with Crippen molar-refractivity contribution < 1.29 is 14.0 Å². The Balaban J connectivity index is 1.31. The van der Waals surface area contributed by atoms with Gasteiger partial charge in [-0.15, -0.1) is 0 Å². The molecule has 1 aliphatic carbocycles. The Kier molecular flexibility index (Phi) is 6.06. The van der Waals surface area contributed by atoms with E-state index in [1.165, 1.54) is 42.0 Å². The first kappa shape index (κ1) is 20.9.